The maximum absolute atomic E-state index is 5.83. The number of likely N-dealkylation sites (tertiary alicyclic amines) is 1. The van der Waals surface area contributed by atoms with E-state index >= 15 is 0 Å². The van der Waals surface area contributed by atoms with Crippen LogP contribution in [0.4, 0.5) is 0 Å². The van der Waals surface area contributed by atoms with Crippen LogP contribution in [0.1, 0.15) is 24.0 Å². The molecule has 0 bridgehead atoms. The number of hydrogen-bond acceptors (Lipinski definition) is 3. The second-order valence-electron chi connectivity index (χ2n) is 6.12. The number of piperidine rings is 1. The zero-order valence-corrected chi connectivity index (χ0v) is 13.9. The second-order valence-corrected chi connectivity index (χ2v) is 7.04. The summed E-state index contributed by atoms with van der Waals surface area (Å²) in [4.78, 5) is 4.92. The molecular weight excluding hydrogens is 316 g/mol. The molecule has 1 fully saturated rings. The highest BCUT2D eigenvalue weighted by Crippen LogP contribution is 2.34. The molecule has 0 unspecified atom stereocenters. The molecule has 0 spiro atoms. The van der Waals surface area contributed by atoms with E-state index in [0.717, 1.165) is 31.4 Å². The molecule has 0 atom stereocenters. The summed E-state index contributed by atoms with van der Waals surface area (Å²) in [5, 5.41) is 0. The van der Waals surface area contributed by atoms with Gasteiger partial charge in [0, 0.05) is 29.0 Å². The van der Waals surface area contributed by atoms with Gasteiger partial charge >= 0.3 is 0 Å². The summed E-state index contributed by atoms with van der Waals surface area (Å²) in [6.07, 6.45) is 3.58. The number of fused-ring (bicyclic) bond motifs is 1. The smallest absolute Gasteiger partial charge is 0.127 e. The first kappa shape index (κ1) is 14.4. The first-order valence-corrected chi connectivity index (χ1v) is 8.25. The lowest BCUT2D eigenvalue weighted by molar-refractivity contribution is 0.139. The van der Waals surface area contributed by atoms with Crippen molar-refractivity contribution in [1.29, 1.82) is 0 Å². The molecule has 20 heavy (non-hydrogen) atoms. The molecule has 4 heteroatoms. The minimum Gasteiger partial charge on any atom is -0.493 e. The monoisotopic (exact) mass is 338 g/mol. The highest BCUT2D eigenvalue weighted by atomic mass is 79.9. The Balaban J connectivity index is 1.67. The van der Waals surface area contributed by atoms with Crippen molar-refractivity contribution in [3.63, 3.8) is 0 Å². The van der Waals surface area contributed by atoms with Gasteiger partial charge in [-0.15, -0.1) is 0 Å². The number of halogens is 1. The molecule has 3 rings (SSSR count). The van der Waals surface area contributed by atoms with Crippen molar-refractivity contribution in [3.8, 4) is 5.75 Å². The van der Waals surface area contributed by atoms with E-state index in [2.05, 4.69) is 52.0 Å². The van der Waals surface area contributed by atoms with Crippen LogP contribution >= 0.6 is 15.9 Å². The van der Waals surface area contributed by atoms with Gasteiger partial charge < -0.3 is 9.64 Å². The third-order valence-electron chi connectivity index (χ3n) is 4.51. The van der Waals surface area contributed by atoms with E-state index in [0.29, 0.717) is 0 Å². The number of benzene rings is 1. The van der Waals surface area contributed by atoms with Crippen LogP contribution in [0.2, 0.25) is 0 Å². The Bertz CT molecular complexity index is 482. The Kier molecular flexibility index (Phi) is 4.34. The molecule has 1 aromatic carbocycles. The average Bonchev–Trinajstić information content (AvgIpc) is 2.87. The fraction of sp³-hybridized carbons (Fsp3) is 0.625. The largest absolute Gasteiger partial charge is 0.493 e. The fourth-order valence-electron chi connectivity index (χ4n) is 3.30. The predicted molar refractivity (Wildman–Crippen MR) is 85.3 cm³/mol. The van der Waals surface area contributed by atoms with Crippen LogP contribution in [0.5, 0.6) is 5.75 Å². The Labute approximate surface area is 130 Å². The van der Waals surface area contributed by atoms with Crippen LogP contribution in [0.25, 0.3) is 0 Å². The van der Waals surface area contributed by atoms with Gasteiger partial charge in [0.2, 0.25) is 0 Å². The van der Waals surface area contributed by atoms with Crippen LogP contribution in [0, 0.1) is 0 Å². The van der Waals surface area contributed by atoms with Crippen LogP contribution in [-0.2, 0) is 13.0 Å². The zero-order valence-electron chi connectivity index (χ0n) is 12.4. The molecule has 0 aromatic heterocycles. The molecular formula is C16H23BrN2O. The maximum atomic E-state index is 5.83. The molecule has 0 saturated carbocycles. The molecule has 0 amide bonds. The molecule has 0 aliphatic carbocycles. The van der Waals surface area contributed by atoms with Gasteiger partial charge in [-0.1, -0.05) is 15.9 Å². The van der Waals surface area contributed by atoms with Crippen LogP contribution < -0.4 is 4.74 Å². The van der Waals surface area contributed by atoms with Crippen molar-refractivity contribution in [3.05, 3.63) is 27.7 Å². The summed E-state index contributed by atoms with van der Waals surface area (Å²) in [5.41, 5.74) is 2.70. The highest BCUT2D eigenvalue weighted by molar-refractivity contribution is 9.10. The highest BCUT2D eigenvalue weighted by Gasteiger charge is 2.23. The van der Waals surface area contributed by atoms with Crippen molar-refractivity contribution < 1.29 is 4.74 Å². The lowest BCUT2D eigenvalue weighted by atomic mass is 10.0. The van der Waals surface area contributed by atoms with E-state index in [9.17, 15) is 0 Å². The van der Waals surface area contributed by atoms with E-state index in [1.54, 1.807) is 0 Å². The molecule has 0 radical (unpaired) electrons. The summed E-state index contributed by atoms with van der Waals surface area (Å²) >= 11 is 3.63. The number of hydrogen-bond donors (Lipinski definition) is 0. The molecule has 2 heterocycles. The lowest BCUT2D eigenvalue weighted by Gasteiger charge is -2.35. The standard InChI is InChI=1S/C16H23BrN2O/c1-18(2)15-3-6-19(7-4-15)11-13-10-14(17)9-12-5-8-20-16(12)13/h9-10,15H,3-8,11H2,1-2H3. The van der Waals surface area contributed by atoms with Crippen molar-refractivity contribution in [2.75, 3.05) is 33.8 Å². The van der Waals surface area contributed by atoms with Crippen LogP contribution in [0.15, 0.2) is 16.6 Å². The summed E-state index contributed by atoms with van der Waals surface area (Å²) in [6.45, 7) is 4.22. The maximum Gasteiger partial charge on any atom is 0.127 e. The summed E-state index contributed by atoms with van der Waals surface area (Å²) in [7, 11) is 4.38. The molecule has 1 aromatic rings. The molecule has 110 valence electrons. The zero-order chi connectivity index (χ0) is 14.1. The Morgan fingerprint density at radius 3 is 2.75 bits per heavy atom. The third kappa shape index (κ3) is 3.02. The quantitative estimate of drug-likeness (QED) is 0.842. The van der Waals surface area contributed by atoms with Gasteiger partial charge in [-0.2, -0.15) is 0 Å². The topological polar surface area (TPSA) is 15.7 Å². The van der Waals surface area contributed by atoms with Crippen molar-refractivity contribution in [2.45, 2.75) is 31.8 Å². The molecule has 0 N–H and O–H groups in total. The molecule has 2 aliphatic heterocycles. The van der Waals surface area contributed by atoms with E-state index in [1.807, 2.05) is 0 Å². The van der Waals surface area contributed by atoms with Crippen molar-refractivity contribution in [2.24, 2.45) is 0 Å². The van der Waals surface area contributed by atoms with Crippen LogP contribution in [0.3, 0.4) is 0 Å². The normalized spacial score (nSPS) is 20.2. The van der Waals surface area contributed by atoms with Gasteiger partial charge in [0.25, 0.3) is 0 Å². The SMILES string of the molecule is CN(C)C1CCN(Cc2cc(Br)cc3c2OCC3)CC1. The number of ether oxygens (including phenoxy) is 1. The van der Waals surface area contributed by atoms with E-state index in [-0.39, 0.29) is 0 Å². The molecule has 3 nitrogen and oxygen atoms in total. The third-order valence-corrected chi connectivity index (χ3v) is 4.96. The van der Waals surface area contributed by atoms with Gasteiger partial charge in [0.05, 0.1) is 6.61 Å². The first-order valence-electron chi connectivity index (χ1n) is 7.46. The molecule has 1 saturated heterocycles. The average molecular weight is 339 g/mol. The van der Waals surface area contributed by atoms with Gasteiger partial charge in [-0.3, -0.25) is 4.90 Å². The van der Waals surface area contributed by atoms with Crippen molar-refractivity contribution in [1.82, 2.24) is 9.80 Å². The van der Waals surface area contributed by atoms with E-state index in [1.165, 1.54) is 41.5 Å². The van der Waals surface area contributed by atoms with E-state index < -0.39 is 0 Å². The minimum atomic E-state index is 0.746. The van der Waals surface area contributed by atoms with Gasteiger partial charge in [-0.05, 0) is 57.7 Å². The van der Waals surface area contributed by atoms with E-state index in [4.69, 9.17) is 4.74 Å². The fourth-order valence-corrected chi connectivity index (χ4v) is 3.85. The number of rotatable bonds is 3. The van der Waals surface area contributed by atoms with Gasteiger partial charge in [-0.25, -0.2) is 0 Å². The minimum absolute atomic E-state index is 0.746. The number of nitrogens with zero attached hydrogens (tertiary/aromatic N) is 2. The molecule has 2 aliphatic rings. The Hall–Kier alpha value is -0.580. The van der Waals surface area contributed by atoms with Crippen LogP contribution in [-0.4, -0.2) is 49.6 Å². The predicted octanol–water partition coefficient (Wildman–Crippen LogP) is 2.91. The van der Waals surface area contributed by atoms with Gasteiger partial charge in [0.15, 0.2) is 0 Å². The first-order chi connectivity index (χ1) is 9.63. The summed E-state index contributed by atoms with van der Waals surface area (Å²) < 4.78 is 7.01. The lowest BCUT2D eigenvalue weighted by Crippen LogP contribution is -2.41. The van der Waals surface area contributed by atoms with Gasteiger partial charge in [0.1, 0.15) is 5.75 Å². The Morgan fingerprint density at radius 2 is 2.05 bits per heavy atom. The second kappa shape index (κ2) is 6.04. The summed E-state index contributed by atoms with van der Waals surface area (Å²) in [5.74, 6) is 1.14. The van der Waals surface area contributed by atoms with Crippen molar-refractivity contribution >= 4 is 15.9 Å². The summed E-state index contributed by atoms with van der Waals surface area (Å²) in [6, 6.07) is 5.17. The Morgan fingerprint density at radius 1 is 1.30 bits per heavy atom.